The minimum atomic E-state index is 0.753. The molecule has 0 spiro atoms. The molecular formula is C11H23N. The molecule has 0 bridgehead atoms. The fraction of sp³-hybridized carbons (Fsp3) is 1.00. The van der Waals surface area contributed by atoms with E-state index in [1.165, 1.54) is 32.2 Å². The second-order valence-electron chi connectivity index (χ2n) is 4.41. The molecule has 12 heavy (non-hydrogen) atoms. The molecule has 0 amide bonds. The third kappa shape index (κ3) is 2.78. The number of nitrogens with one attached hydrogen (secondary N) is 1. The van der Waals surface area contributed by atoms with Gasteiger partial charge in [-0.25, -0.2) is 0 Å². The van der Waals surface area contributed by atoms with Crippen LogP contribution in [0.4, 0.5) is 0 Å². The lowest BCUT2D eigenvalue weighted by atomic mass is 9.81. The smallest absolute Gasteiger partial charge is 0.00414 e. The van der Waals surface area contributed by atoms with Crippen molar-refractivity contribution in [3.8, 4) is 0 Å². The van der Waals surface area contributed by atoms with Gasteiger partial charge in [-0.15, -0.1) is 0 Å². The van der Waals surface area contributed by atoms with Crippen LogP contribution in [0.5, 0.6) is 0 Å². The molecule has 1 rings (SSSR count). The highest BCUT2D eigenvalue weighted by Crippen LogP contribution is 2.27. The minimum Gasteiger partial charge on any atom is -0.314 e. The summed E-state index contributed by atoms with van der Waals surface area (Å²) in [6.45, 7) is 8.26. The van der Waals surface area contributed by atoms with Crippen molar-refractivity contribution < 1.29 is 0 Å². The summed E-state index contributed by atoms with van der Waals surface area (Å²) in [6.07, 6.45) is 5.55. The van der Waals surface area contributed by atoms with Crippen molar-refractivity contribution in [2.24, 2.45) is 11.8 Å². The molecule has 0 aromatic rings. The Balaban J connectivity index is 2.29. The van der Waals surface area contributed by atoms with Crippen LogP contribution in [-0.2, 0) is 0 Å². The molecule has 1 nitrogen and oxygen atoms in total. The second kappa shape index (κ2) is 4.86. The molecule has 0 saturated carbocycles. The Hall–Kier alpha value is -0.0400. The Morgan fingerprint density at radius 1 is 1.50 bits per heavy atom. The van der Waals surface area contributed by atoms with Crippen LogP contribution in [0.25, 0.3) is 0 Å². The van der Waals surface area contributed by atoms with E-state index >= 15 is 0 Å². The maximum atomic E-state index is 3.51. The number of hydrogen-bond acceptors (Lipinski definition) is 1. The van der Waals surface area contributed by atoms with Gasteiger partial charge < -0.3 is 5.32 Å². The molecule has 1 aliphatic heterocycles. The number of hydrogen-bond donors (Lipinski definition) is 1. The fourth-order valence-electron chi connectivity index (χ4n) is 2.38. The number of rotatable bonds is 3. The molecule has 3 unspecified atom stereocenters. The summed E-state index contributed by atoms with van der Waals surface area (Å²) in [4.78, 5) is 0. The van der Waals surface area contributed by atoms with Gasteiger partial charge in [0.1, 0.15) is 0 Å². The maximum absolute atomic E-state index is 3.51. The zero-order valence-electron chi connectivity index (χ0n) is 8.77. The second-order valence-corrected chi connectivity index (χ2v) is 4.41. The summed E-state index contributed by atoms with van der Waals surface area (Å²) >= 11 is 0. The molecule has 72 valence electrons. The molecule has 1 saturated heterocycles. The molecule has 3 atom stereocenters. The highest BCUT2D eigenvalue weighted by atomic mass is 14.9. The largest absolute Gasteiger partial charge is 0.314 e. The lowest BCUT2D eigenvalue weighted by Crippen LogP contribution is -2.37. The van der Waals surface area contributed by atoms with E-state index in [1.54, 1.807) is 0 Å². The first-order chi connectivity index (χ1) is 5.74. The minimum absolute atomic E-state index is 0.753. The first-order valence-electron chi connectivity index (χ1n) is 5.47. The topological polar surface area (TPSA) is 12.0 Å². The van der Waals surface area contributed by atoms with Gasteiger partial charge in [0, 0.05) is 6.04 Å². The van der Waals surface area contributed by atoms with E-state index in [0.29, 0.717) is 0 Å². The van der Waals surface area contributed by atoms with E-state index in [9.17, 15) is 0 Å². The molecule has 0 radical (unpaired) electrons. The van der Waals surface area contributed by atoms with E-state index < -0.39 is 0 Å². The molecule has 1 N–H and O–H groups in total. The zero-order valence-corrected chi connectivity index (χ0v) is 8.77. The van der Waals surface area contributed by atoms with E-state index in [1.807, 2.05) is 0 Å². The highest BCUT2D eigenvalue weighted by Gasteiger charge is 2.22. The Kier molecular flexibility index (Phi) is 4.07. The van der Waals surface area contributed by atoms with Crippen molar-refractivity contribution in [1.29, 1.82) is 0 Å². The van der Waals surface area contributed by atoms with E-state index in [0.717, 1.165) is 17.9 Å². The molecular weight excluding hydrogens is 146 g/mol. The SMILES string of the molecule is CCCC(C)C1CCNC(C)C1. The molecule has 0 aliphatic carbocycles. The Labute approximate surface area is 76.9 Å². The van der Waals surface area contributed by atoms with Crippen LogP contribution < -0.4 is 5.32 Å². The molecule has 0 aromatic carbocycles. The van der Waals surface area contributed by atoms with Gasteiger partial charge in [-0.05, 0) is 38.1 Å². The molecule has 1 heterocycles. The van der Waals surface area contributed by atoms with Crippen LogP contribution in [0.2, 0.25) is 0 Å². The van der Waals surface area contributed by atoms with Gasteiger partial charge in [-0.3, -0.25) is 0 Å². The summed E-state index contributed by atoms with van der Waals surface area (Å²) in [5.74, 6) is 1.93. The zero-order chi connectivity index (χ0) is 8.97. The van der Waals surface area contributed by atoms with Crippen molar-refractivity contribution in [3.63, 3.8) is 0 Å². The standard InChI is InChI=1S/C11H23N/c1-4-5-9(2)11-6-7-12-10(3)8-11/h9-12H,4-8H2,1-3H3. The molecule has 1 fully saturated rings. The van der Waals surface area contributed by atoms with Gasteiger partial charge in [0.05, 0.1) is 0 Å². The Morgan fingerprint density at radius 3 is 2.83 bits per heavy atom. The predicted molar refractivity (Wildman–Crippen MR) is 54.3 cm³/mol. The molecule has 1 heteroatoms. The first kappa shape index (κ1) is 10.0. The average Bonchev–Trinajstić information content (AvgIpc) is 2.05. The lowest BCUT2D eigenvalue weighted by molar-refractivity contribution is 0.229. The quantitative estimate of drug-likeness (QED) is 0.685. The summed E-state index contributed by atoms with van der Waals surface area (Å²) < 4.78 is 0. The van der Waals surface area contributed by atoms with E-state index in [4.69, 9.17) is 0 Å². The van der Waals surface area contributed by atoms with E-state index in [2.05, 4.69) is 26.1 Å². The van der Waals surface area contributed by atoms with Crippen LogP contribution in [0.1, 0.15) is 46.5 Å². The van der Waals surface area contributed by atoms with E-state index in [-0.39, 0.29) is 0 Å². The normalized spacial score (nSPS) is 33.2. The van der Waals surface area contributed by atoms with Crippen LogP contribution >= 0.6 is 0 Å². The molecule has 1 aliphatic rings. The van der Waals surface area contributed by atoms with Gasteiger partial charge in [-0.1, -0.05) is 26.7 Å². The first-order valence-corrected chi connectivity index (χ1v) is 5.47. The van der Waals surface area contributed by atoms with Crippen LogP contribution in [0.15, 0.2) is 0 Å². The number of piperidine rings is 1. The Morgan fingerprint density at radius 2 is 2.25 bits per heavy atom. The van der Waals surface area contributed by atoms with Crippen molar-refractivity contribution in [2.45, 2.75) is 52.5 Å². The van der Waals surface area contributed by atoms with Crippen LogP contribution in [0.3, 0.4) is 0 Å². The van der Waals surface area contributed by atoms with Crippen molar-refractivity contribution in [1.82, 2.24) is 5.32 Å². The summed E-state index contributed by atoms with van der Waals surface area (Å²) in [7, 11) is 0. The average molecular weight is 169 g/mol. The fourth-order valence-corrected chi connectivity index (χ4v) is 2.38. The van der Waals surface area contributed by atoms with Crippen molar-refractivity contribution >= 4 is 0 Å². The molecule has 0 aromatic heterocycles. The summed E-state index contributed by atoms with van der Waals surface area (Å²) in [5.41, 5.74) is 0. The van der Waals surface area contributed by atoms with Crippen LogP contribution in [0, 0.1) is 11.8 Å². The monoisotopic (exact) mass is 169 g/mol. The van der Waals surface area contributed by atoms with Crippen molar-refractivity contribution in [2.75, 3.05) is 6.54 Å². The summed E-state index contributed by atoms with van der Waals surface area (Å²) in [5, 5.41) is 3.51. The van der Waals surface area contributed by atoms with Crippen LogP contribution in [-0.4, -0.2) is 12.6 Å². The third-order valence-corrected chi connectivity index (χ3v) is 3.21. The Bertz CT molecular complexity index is 122. The van der Waals surface area contributed by atoms with Gasteiger partial charge in [-0.2, -0.15) is 0 Å². The highest BCUT2D eigenvalue weighted by molar-refractivity contribution is 4.78. The lowest BCUT2D eigenvalue weighted by Gasteiger charge is -2.32. The predicted octanol–water partition coefficient (Wildman–Crippen LogP) is 2.81. The van der Waals surface area contributed by atoms with Crippen molar-refractivity contribution in [3.05, 3.63) is 0 Å². The van der Waals surface area contributed by atoms with Gasteiger partial charge in [0.25, 0.3) is 0 Å². The summed E-state index contributed by atoms with van der Waals surface area (Å²) in [6, 6.07) is 0.753. The van der Waals surface area contributed by atoms with Gasteiger partial charge in [0.15, 0.2) is 0 Å². The van der Waals surface area contributed by atoms with Gasteiger partial charge in [0.2, 0.25) is 0 Å². The maximum Gasteiger partial charge on any atom is 0.00414 e. The third-order valence-electron chi connectivity index (χ3n) is 3.21. The van der Waals surface area contributed by atoms with Gasteiger partial charge >= 0.3 is 0 Å².